The molecule has 0 fully saturated rings. The summed E-state index contributed by atoms with van der Waals surface area (Å²) in [7, 11) is 6.77. The quantitative estimate of drug-likeness (QED) is 0.729. The topological polar surface area (TPSA) is 71.4 Å². The zero-order valence-corrected chi connectivity index (χ0v) is 17.5. The SMILES string of the molecule is COC(=O)C1=C(O)/C(=C\c2ccc(N(C)C)cc2)SC1=Nc1ccccc1OC. The highest BCUT2D eigenvalue weighted by atomic mass is 32.2. The van der Waals surface area contributed by atoms with E-state index in [0.717, 1.165) is 11.3 Å². The number of thioether (sulfide) groups is 1. The first-order chi connectivity index (χ1) is 13.9. The van der Waals surface area contributed by atoms with Crippen molar-refractivity contribution < 1.29 is 19.4 Å². The van der Waals surface area contributed by atoms with Crippen LogP contribution in [0.3, 0.4) is 0 Å². The van der Waals surface area contributed by atoms with E-state index in [0.29, 0.717) is 21.4 Å². The van der Waals surface area contributed by atoms with E-state index in [1.807, 2.05) is 61.5 Å². The molecule has 3 rings (SSSR count). The molecule has 1 aliphatic rings. The van der Waals surface area contributed by atoms with Gasteiger partial charge < -0.3 is 19.5 Å². The van der Waals surface area contributed by atoms with E-state index in [4.69, 9.17) is 9.47 Å². The summed E-state index contributed by atoms with van der Waals surface area (Å²) in [5, 5.41) is 11.1. The first-order valence-electron chi connectivity index (χ1n) is 8.85. The molecule has 29 heavy (non-hydrogen) atoms. The molecule has 0 spiro atoms. The van der Waals surface area contributed by atoms with Crippen molar-refractivity contribution in [2.45, 2.75) is 0 Å². The maximum Gasteiger partial charge on any atom is 0.344 e. The summed E-state index contributed by atoms with van der Waals surface area (Å²) in [6, 6.07) is 15.1. The molecule has 150 valence electrons. The van der Waals surface area contributed by atoms with Gasteiger partial charge in [-0.2, -0.15) is 0 Å². The van der Waals surface area contributed by atoms with Gasteiger partial charge in [0.2, 0.25) is 0 Å². The van der Waals surface area contributed by atoms with Gasteiger partial charge in [-0.3, -0.25) is 0 Å². The summed E-state index contributed by atoms with van der Waals surface area (Å²) in [4.78, 5) is 19.4. The lowest BCUT2D eigenvalue weighted by atomic mass is 10.1. The van der Waals surface area contributed by atoms with Crippen molar-refractivity contribution in [1.82, 2.24) is 0 Å². The number of carbonyl (C=O) groups is 1. The molecule has 0 aliphatic carbocycles. The fourth-order valence-corrected chi connectivity index (χ4v) is 3.77. The molecule has 1 heterocycles. The van der Waals surface area contributed by atoms with Crippen LogP contribution in [-0.4, -0.2) is 44.4 Å². The summed E-state index contributed by atoms with van der Waals surface area (Å²) >= 11 is 1.21. The molecule has 0 saturated heterocycles. The Kier molecular flexibility index (Phi) is 6.29. The predicted octanol–water partition coefficient (Wildman–Crippen LogP) is 4.56. The number of nitrogens with zero attached hydrogens (tertiary/aromatic N) is 2. The van der Waals surface area contributed by atoms with E-state index in [2.05, 4.69) is 4.99 Å². The lowest BCUT2D eigenvalue weighted by Gasteiger charge is -2.11. The molecule has 0 aromatic heterocycles. The number of hydrogen-bond acceptors (Lipinski definition) is 7. The number of rotatable bonds is 5. The van der Waals surface area contributed by atoms with Crippen LogP contribution >= 0.6 is 11.8 Å². The molecule has 0 bridgehead atoms. The fourth-order valence-electron chi connectivity index (χ4n) is 2.74. The maximum atomic E-state index is 12.3. The Balaban J connectivity index is 2.02. The van der Waals surface area contributed by atoms with Crippen molar-refractivity contribution in [1.29, 1.82) is 0 Å². The van der Waals surface area contributed by atoms with Gasteiger partial charge in [0.15, 0.2) is 0 Å². The minimum absolute atomic E-state index is 0.0413. The average molecular weight is 410 g/mol. The zero-order valence-electron chi connectivity index (χ0n) is 16.7. The van der Waals surface area contributed by atoms with E-state index in [-0.39, 0.29) is 11.3 Å². The van der Waals surface area contributed by atoms with Crippen LogP contribution in [0.2, 0.25) is 0 Å². The molecule has 1 N–H and O–H groups in total. The molecule has 7 heteroatoms. The van der Waals surface area contributed by atoms with Crippen molar-refractivity contribution in [3.63, 3.8) is 0 Å². The minimum Gasteiger partial charge on any atom is -0.506 e. The van der Waals surface area contributed by atoms with E-state index >= 15 is 0 Å². The Bertz CT molecular complexity index is 1010. The normalized spacial score (nSPS) is 16.4. The number of esters is 1. The molecule has 0 radical (unpaired) electrons. The van der Waals surface area contributed by atoms with E-state index in [9.17, 15) is 9.90 Å². The third-order valence-corrected chi connectivity index (χ3v) is 5.31. The van der Waals surface area contributed by atoms with Crippen molar-refractivity contribution in [2.24, 2.45) is 4.99 Å². The molecular formula is C22H22N2O4S. The summed E-state index contributed by atoms with van der Waals surface area (Å²) in [5.41, 5.74) is 2.56. The number of carbonyl (C=O) groups excluding carboxylic acids is 1. The molecular weight excluding hydrogens is 388 g/mol. The second-order valence-corrected chi connectivity index (χ2v) is 7.43. The van der Waals surface area contributed by atoms with E-state index in [1.165, 1.54) is 18.9 Å². The summed E-state index contributed by atoms with van der Waals surface area (Å²) in [5.74, 6) is -0.219. The zero-order chi connectivity index (χ0) is 21.0. The number of anilines is 1. The lowest BCUT2D eigenvalue weighted by Crippen LogP contribution is -2.10. The van der Waals surface area contributed by atoms with Crippen LogP contribution in [0, 0.1) is 0 Å². The number of ether oxygens (including phenoxy) is 2. The second kappa shape index (κ2) is 8.87. The lowest BCUT2D eigenvalue weighted by molar-refractivity contribution is -0.135. The monoisotopic (exact) mass is 410 g/mol. The maximum absolute atomic E-state index is 12.3. The van der Waals surface area contributed by atoms with Gasteiger partial charge >= 0.3 is 5.97 Å². The molecule has 0 atom stereocenters. The van der Waals surface area contributed by atoms with Crippen molar-refractivity contribution >= 4 is 40.2 Å². The predicted molar refractivity (Wildman–Crippen MR) is 118 cm³/mol. The highest BCUT2D eigenvalue weighted by molar-refractivity contribution is 8.18. The third kappa shape index (κ3) is 4.46. The van der Waals surface area contributed by atoms with Gasteiger partial charge in [-0.25, -0.2) is 9.79 Å². The van der Waals surface area contributed by atoms with Crippen LogP contribution < -0.4 is 9.64 Å². The number of aliphatic hydroxyl groups excluding tert-OH is 1. The number of methoxy groups -OCH3 is 2. The molecule has 0 unspecified atom stereocenters. The van der Waals surface area contributed by atoms with Crippen molar-refractivity contribution in [3.05, 3.63) is 70.3 Å². The highest BCUT2D eigenvalue weighted by Gasteiger charge is 2.33. The summed E-state index contributed by atoms with van der Waals surface area (Å²) < 4.78 is 10.2. The molecule has 6 nitrogen and oxygen atoms in total. The summed E-state index contributed by atoms with van der Waals surface area (Å²) in [6.45, 7) is 0. The van der Waals surface area contributed by atoms with E-state index in [1.54, 1.807) is 19.2 Å². The molecule has 0 saturated carbocycles. The number of aliphatic hydroxyl groups is 1. The largest absolute Gasteiger partial charge is 0.506 e. The average Bonchev–Trinajstić information content (AvgIpc) is 3.03. The molecule has 2 aromatic carbocycles. The highest BCUT2D eigenvalue weighted by Crippen LogP contribution is 2.41. The summed E-state index contributed by atoms with van der Waals surface area (Å²) in [6.07, 6.45) is 1.81. The van der Waals surface area contributed by atoms with Crippen LogP contribution in [0.4, 0.5) is 11.4 Å². The van der Waals surface area contributed by atoms with Crippen molar-refractivity contribution in [3.8, 4) is 5.75 Å². The fraction of sp³-hybridized carbons (Fsp3) is 0.182. The smallest absolute Gasteiger partial charge is 0.344 e. The Morgan fingerprint density at radius 2 is 1.79 bits per heavy atom. The van der Waals surface area contributed by atoms with Gasteiger partial charge in [-0.15, -0.1) is 0 Å². The number of para-hydroxylation sites is 2. The van der Waals surface area contributed by atoms with Gasteiger partial charge in [-0.1, -0.05) is 36.0 Å². The number of hydrogen-bond donors (Lipinski definition) is 1. The van der Waals surface area contributed by atoms with Crippen LogP contribution in [0.1, 0.15) is 5.56 Å². The molecule has 2 aromatic rings. The van der Waals surface area contributed by atoms with Crippen LogP contribution in [0.15, 0.2) is 69.8 Å². The number of aliphatic imine (C=N–C) groups is 1. The first kappa shape index (κ1) is 20.5. The Morgan fingerprint density at radius 1 is 1.10 bits per heavy atom. The van der Waals surface area contributed by atoms with Gasteiger partial charge in [0, 0.05) is 19.8 Å². The van der Waals surface area contributed by atoms with Gasteiger partial charge in [-0.05, 0) is 35.9 Å². The van der Waals surface area contributed by atoms with Gasteiger partial charge in [0.05, 0.1) is 19.1 Å². The number of benzene rings is 2. The Hall–Kier alpha value is -3.19. The third-order valence-electron chi connectivity index (χ3n) is 4.29. The first-order valence-corrected chi connectivity index (χ1v) is 9.67. The second-order valence-electron chi connectivity index (χ2n) is 6.40. The van der Waals surface area contributed by atoms with E-state index < -0.39 is 5.97 Å². The Labute approximate surface area is 174 Å². The van der Waals surface area contributed by atoms with Gasteiger partial charge in [0.25, 0.3) is 0 Å². The van der Waals surface area contributed by atoms with Crippen LogP contribution in [0.25, 0.3) is 6.08 Å². The molecule has 1 aliphatic heterocycles. The van der Waals surface area contributed by atoms with Crippen LogP contribution in [0.5, 0.6) is 5.75 Å². The van der Waals surface area contributed by atoms with Gasteiger partial charge in [0.1, 0.15) is 27.8 Å². The van der Waals surface area contributed by atoms with Crippen LogP contribution in [-0.2, 0) is 9.53 Å². The minimum atomic E-state index is -0.644. The van der Waals surface area contributed by atoms with Crippen molar-refractivity contribution in [2.75, 3.05) is 33.2 Å². The standard InChI is InChI=1S/C22H22N2O4S/c1-24(2)15-11-9-14(10-12-15)13-18-20(25)19(22(26)28-4)21(29-18)23-16-7-5-6-8-17(16)27-3/h5-13,25H,1-4H3/b18-13+,23-21?. The molecule has 0 amide bonds. The Morgan fingerprint density at radius 3 is 2.41 bits per heavy atom.